The number of imidazole rings is 1. The highest BCUT2D eigenvalue weighted by Gasteiger charge is 2.23. The van der Waals surface area contributed by atoms with Gasteiger partial charge in [0.2, 0.25) is 0 Å². The van der Waals surface area contributed by atoms with E-state index in [0.29, 0.717) is 12.1 Å². The fraction of sp³-hybridized carbons (Fsp3) is 0.500. The van der Waals surface area contributed by atoms with Crippen molar-refractivity contribution in [1.29, 1.82) is 0 Å². The van der Waals surface area contributed by atoms with Gasteiger partial charge in [-0.3, -0.25) is 4.40 Å². The molecule has 1 aliphatic carbocycles. The van der Waals surface area contributed by atoms with Crippen molar-refractivity contribution in [2.24, 2.45) is 5.73 Å². The molecule has 96 valence electrons. The van der Waals surface area contributed by atoms with Crippen LogP contribution in [-0.4, -0.2) is 28.5 Å². The van der Waals surface area contributed by atoms with Crippen molar-refractivity contribution in [3.63, 3.8) is 0 Å². The summed E-state index contributed by atoms with van der Waals surface area (Å²) in [5, 5.41) is 0. The normalized spacial score (nSPS) is 24.3. The van der Waals surface area contributed by atoms with E-state index < -0.39 is 0 Å². The zero-order valence-electron chi connectivity index (χ0n) is 10.8. The molecule has 3 rings (SSSR count). The molecule has 0 aliphatic heterocycles. The first-order valence-corrected chi connectivity index (χ1v) is 6.66. The maximum atomic E-state index is 5.98. The van der Waals surface area contributed by atoms with Gasteiger partial charge in [-0.25, -0.2) is 4.98 Å². The molecule has 4 nitrogen and oxygen atoms in total. The number of nitrogens with two attached hydrogens (primary N) is 1. The van der Waals surface area contributed by atoms with Crippen molar-refractivity contribution < 1.29 is 0 Å². The molecule has 1 aliphatic rings. The molecule has 0 amide bonds. The monoisotopic (exact) mass is 244 g/mol. The van der Waals surface area contributed by atoms with E-state index in [1.807, 2.05) is 18.5 Å². The molecule has 0 saturated heterocycles. The predicted octanol–water partition coefficient (Wildman–Crippen LogP) is 2.04. The molecule has 1 fully saturated rings. The number of aromatic nitrogens is 2. The van der Waals surface area contributed by atoms with E-state index in [9.17, 15) is 0 Å². The number of fused-ring (bicyclic) bond motifs is 1. The van der Waals surface area contributed by atoms with E-state index in [1.165, 1.54) is 18.7 Å². The van der Waals surface area contributed by atoms with Crippen molar-refractivity contribution in [3.05, 3.63) is 30.6 Å². The third-order valence-corrected chi connectivity index (χ3v) is 4.06. The van der Waals surface area contributed by atoms with Crippen LogP contribution in [0.4, 0.5) is 5.82 Å². The summed E-state index contributed by atoms with van der Waals surface area (Å²) in [5.41, 5.74) is 6.98. The van der Waals surface area contributed by atoms with Crippen LogP contribution >= 0.6 is 0 Å². The summed E-state index contributed by atoms with van der Waals surface area (Å²) in [6, 6.07) is 7.26. The van der Waals surface area contributed by atoms with Crippen molar-refractivity contribution >= 4 is 11.5 Å². The van der Waals surface area contributed by atoms with Crippen molar-refractivity contribution in [2.75, 3.05) is 11.9 Å². The zero-order valence-corrected chi connectivity index (χ0v) is 10.8. The van der Waals surface area contributed by atoms with E-state index >= 15 is 0 Å². The molecule has 0 atom stereocenters. The van der Waals surface area contributed by atoms with Gasteiger partial charge in [0, 0.05) is 31.5 Å². The Morgan fingerprint density at radius 2 is 2.06 bits per heavy atom. The van der Waals surface area contributed by atoms with E-state index in [4.69, 9.17) is 5.73 Å². The quantitative estimate of drug-likeness (QED) is 0.879. The van der Waals surface area contributed by atoms with Crippen molar-refractivity contribution in [3.8, 4) is 0 Å². The number of anilines is 1. The number of pyridine rings is 1. The van der Waals surface area contributed by atoms with Crippen LogP contribution < -0.4 is 10.6 Å². The van der Waals surface area contributed by atoms with Crippen molar-refractivity contribution in [2.45, 2.75) is 37.8 Å². The molecule has 0 spiro atoms. The Kier molecular flexibility index (Phi) is 2.96. The summed E-state index contributed by atoms with van der Waals surface area (Å²) >= 11 is 0. The third kappa shape index (κ3) is 1.97. The molecule has 0 aromatic carbocycles. The molecule has 2 aromatic rings. The molecule has 1 saturated carbocycles. The molecule has 18 heavy (non-hydrogen) atoms. The van der Waals surface area contributed by atoms with Crippen LogP contribution in [0.2, 0.25) is 0 Å². The summed E-state index contributed by atoms with van der Waals surface area (Å²) in [4.78, 5) is 6.71. The molecule has 2 aromatic heterocycles. The van der Waals surface area contributed by atoms with Crippen LogP contribution in [0, 0.1) is 0 Å². The second-order valence-electron chi connectivity index (χ2n) is 5.22. The third-order valence-electron chi connectivity index (χ3n) is 4.06. The molecule has 0 radical (unpaired) electrons. The minimum absolute atomic E-state index is 0.402. The largest absolute Gasteiger partial charge is 0.358 e. The van der Waals surface area contributed by atoms with Gasteiger partial charge in [0.15, 0.2) is 0 Å². The summed E-state index contributed by atoms with van der Waals surface area (Å²) in [6.07, 6.45) is 8.51. The van der Waals surface area contributed by atoms with Crippen LogP contribution in [0.3, 0.4) is 0 Å². The van der Waals surface area contributed by atoms with Gasteiger partial charge in [-0.2, -0.15) is 0 Å². The summed E-state index contributed by atoms with van der Waals surface area (Å²) in [5.74, 6) is 1.21. The lowest BCUT2D eigenvalue weighted by molar-refractivity contribution is 0.383. The average molecular weight is 244 g/mol. The van der Waals surface area contributed by atoms with Crippen LogP contribution in [0.15, 0.2) is 30.6 Å². The average Bonchev–Trinajstić information content (AvgIpc) is 2.87. The highest BCUT2D eigenvalue weighted by molar-refractivity contribution is 5.51. The van der Waals surface area contributed by atoms with Gasteiger partial charge in [-0.15, -0.1) is 0 Å². The number of hydrogen-bond donors (Lipinski definition) is 1. The first-order valence-electron chi connectivity index (χ1n) is 6.66. The van der Waals surface area contributed by atoms with Crippen LogP contribution in [-0.2, 0) is 0 Å². The van der Waals surface area contributed by atoms with Gasteiger partial charge in [-0.1, -0.05) is 6.07 Å². The fourth-order valence-electron chi connectivity index (χ4n) is 2.90. The second kappa shape index (κ2) is 4.61. The Labute approximate surface area is 107 Å². The number of nitrogens with zero attached hydrogens (tertiary/aromatic N) is 3. The lowest BCUT2D eigenvalue weighted by Crippen LogP contribution is -2.39. The predicted molar refractivity (Wildman–Crippen MR) is 73.8 cm³/mol. The second-order valence-corrected chi connectivity index (χ2v) is 5.22. The van der Waals surface area contributed by atoms with Gasteiger partial charge < -0.3 is 10.6 Å². The maximum Gasteiger partial charge on any atom is 0.138 e. The number of hydrogen-bond acceptors (Lipinski definition) is 3. The molecule has 0 bridgehead atoms. The standard InChI is InChI=1S/C14H20N4/c1-17(12-7-5-11(15)6-8-12)14-4-2-3-13-16-9-10-18(13)14/h2-4,9-12H,5-8,15H2,1H3. The van der Waals surface area contributed by atoms with E-state index in [1.54, 1.807) is 0 Å². The maximum absolute atomic E-state index is 5.98. The van der Waals surface area contributed by atoms with Gasteiger partial charge in [0.1, 0.15) is 11.5 Å². The molecular formula is C14H20N4. The Morgan fingerprint density at radius 1 is 1.28 bits per heavy atom. The van der Waals surface area contributed by atoms with E-state index in [-0.39, 0.29) is 0 Å². The highest BCUT2D eigenvalue weighted by Crippen LogP contribution is 2.26. The van der Waals surface area contributed by atoms with Gasteiger partial charge in [0.05, 0.1) is 0 Å². The lowest BCUT2D eigenvalue weighted by atomic mass is 9.91. The van der Waals surface area contributed by atoms with Gasteiger partial charge in [0.25, 0.3) is 0 Å². The summed E-state index contributed by atoms with van der Waals surface area (Å²) in [7, 11) is 2.18. The zero-order chi connectivity index (χ0) is 12.5. The Bertz CT molecular complexity index is 525. The minimum atomic E-state index is 0.402. The SMILES string of the molecule is CN(c1cccc2nccn12)C1CCC(N)CC1. The Balaban J connectivity index is 1.87. The molecule has 2 heterocycles. The van der Waals surface area contributed by atoms with Crippen LogP contribution in [0.25, 0.3) is 5.65 Å². The van der Waals surface area contributed by atoms with Crippen molar-refractivity contribution in [1.82, 2.24) is 9.38 Å². The smallest absolute Gasteiger partial charge is 0.138 e. The lowest BCUT2D eigenvalue weighted by Gasteiger charge is -2.35. The summed E-state index contributed by atoms with van der Waals surface area (Å²) < 4.78 is 2.15. The first-order chi connectivity index (χ1) is 8.75. The Hall–Kier alpha value is -1.55. The fourth-order valence-corrected chi connectivity index (χ4v) is 2.90. The molecule has 4 heteroatoms. The highest BCUT2D eigenvalue weighted by atomic mass is 15.2. The van der Waals surface area contributed by atoms with Gasteiger partial charge >= 0.3 is 0 Å². The topological polar surface area (TPSA) is 46.6 Å². The first kappa shape index (κ1) is 11.5. The summed E-state index contributed by atoms with van der Waals surface area (Å²) in [6.45, 7) is 0. The molecule has 0 unspecified atom stereocenters. The minimum Gasteiger partial charge on any atom is -0.358 e. The molecule has 2 N–H and O–H groups in total. The van der Waals surface area contributed by atoms with Crippen LogP contribution in [0.1, 0.15) is 25.7 Å². The number of rotatable bonds is 2. The van der Waals surface area contributed by atoms with Gasteiger partial charge in [-0.05, 0) is 37.8 Å². The molecular weight excluding hydrogens is 224 g/mol. The van der Waals surface area contributed by atoms with E-state index in [2.05, 4.69) is 33.5 Å². The Morgan fingerprint density at radius 3 is 2.83 bits per heavy atom. The van der Waals surface area contributed by atoms with E-state index in [0.717, 1.165) is 18.5 Å². The van der Waals surface area contributed by atoms with Crippen LogP contribution in [0.5, 0.6) is 0 Å².